The predicted octanol–water partition coefficient (Wildman–Crippen LogP) is 4.10. The summed E-state index contributed by atoms with van der Waals surface area (Å²) < 4.78 is 27.1. The Morgan fingerprint density at radius 1 is 1.14 bits per heavy atom. The molecule has 0 heterocycles. The normalized spacial score (nSPS) is 10.3. The van der Waals surface area contributed by atoms with Gasteiger partial charge in [0.1, 0.15) is 11.6 Å². The molecule has 5 heteroatoms. The van der Waals surface area contributed by atoms with Gasteiger partial charge in [0.2, 0.25) is 0 Å². The van der Waals surface area contributed by atoms with Gasteiger partial charge in [0, 0.05) is 24.8 Å². The number of thiocarbonyl (C=S) groups is 1. The van der Waals surface area contributed by atoms with Gasteiger partial charge >= 0.3 is 0 Å². The highest BCUT2D eigenvalue weighted by atomic mass is 32.1. The van der Waals surface area contributed by atoms with Gasteiger partial charge in [0.15, 0.2) is 5.11 Å². The van der Waals surface area contributed by atoms with Crippen LogP contribution in [0.15, 0.2) is 42.5 Å². The highest BCUT2D eigenvalue weighted by Crippen LogP contribution is 2.15. The Morgan fingerprint density at radius 2 is 1.86 bits per heavy atom. The number of benzene rings is 2. The molecule has 0 atom stereocenters. The molecular formula is C16H16F2N2S. The van der Waals surface area contributed by atoms with E-state index in [1.807, 2.05) is 0 Å². The average molecular weight is 306 g/mol. The van der Waals surface area contributed by atoms with Crippen LogP contribution in [0.5, 0.6) is 0 Å². The molecule has 110 valence electrons. The molecule has 0 saturated heterocycles. The van der Waals surface area contributed by atoms with Crippen LogP contribution in [-0.4, -0.2) is 17.1 Å². The molecule has 0 aliphatic heterocycles. The first kappa shape index (κ1) is 15.4. The summed E-state index contributed by atoms with van der Waals surface area (Å²) in [4.78, 5) is 1.70. The number of aryl methyl sites for hydroxylation is 1. The van der Waals surface area contributed by atoms with Crippen molar-refractivity contribution < 1.29 is 8.78 Å². The SMILES string of the molecule is Cc1ccc(NC(=S)N(C)Cc2ccccc2F)cc1F. The van der Waals surface area contributed by atoms with E-state index >= 15 is 0 Å². The summed E-state index contributed by atoms with van der Waals surface area (Å²) in [5.41, 5.74) is 1.70. The maximum Gasteiger partial charge on any atom is 0.173 e. The summed E-state index contributed by atoms with van der Waals surface area (Å²) in [7, 11) is 1.76. The van der Waals surface area contributed by atoms with Crippen molar-refractivity contribution in [1.29, 1.82) is 0 Å². The molecule has 0 aliphatic rings. The molecule has 0 aliphatic carbocycles. The van der Waals surface area contributed by atoms with E-state index in [0.29, 0.717) is 28.5 Å². The standard InChI is InChI=1S/C16H16F2N2S/c1-11-7-8-13(9-15(11)18)19-16(21)20(2)10-12-5-3-4-6-14(12)17/h3-9H,10H2,1-2H3,(H,19,21). The molecule has 0 bridgehead atoms. The Morgan fingerprint density at radius 3 is 2.52 bits per heavy atom. The zero-order valence-corrected chi connectivity index (χ0v) is 12.7. The highest BCUT2D eigenvalue weighted by molar-refractivity contribution is 7.80. The van der Waals surface area contributed by atoms with E-state index in [2.05, 4.69) is 5.32 Å². The maximum absolute atomic E-state index is 13.6. The molecule has 0 unspecified atom stereocenters. The summed E-state index contributed by atoms with van der Waals surface area (Å²) in [5.74, 6) is -0.562. The van der Waals surface area contributed by atoms with Crippen molar-refractivity contribution in [2.45, 2.75) is 13.5 Å². The topological polar surface area (TPSA) is 15.3 Å². The number of anilines is 1. The number of rotatable bonds is 3. The van der Waals surface area contributed by atoms with Gasteiger partial charge in [-0.1, -0.05) is 24.3 Å². The third-order valence-electron chi connectivity index (χ3n) is 3.14. The van der Waals surface area contributed by atoms with Crippen LogP contribution in [0.2, 0.25) is 0 Å². The van der Waals surface area contributed by atoms with Gasteiger partial charge in [-0.05, 0) is 42.9 Å². The predicted molar refractivity (Wildman–Crippen MR) is 85.2 cm³/mol. The molecule has 0 spiro atoms. The zero-order chi connectivity index (χ0) is 15.4. The van der Waals surface area contributed by atoms with Gasteiger partial charge < -0.3 is 10.2 Å². The van der Waals surface area contributed by atoms with Crippen molar-refractivity contribution in [2.75, 3.05) is 12.4 Å². The van der Waals surface area contributed by atoms with Crippen molar-refractivity contribution >= 4 is 23.0 Å². The van der Waals surface area contributed by atoms with Gasteiger partial charge in [-0.2, -0.15) is 0 Å². The Bertz CT molecular complexity index is 658. The highest BCUT2D eigenvalue weighted by Gasteiger charge is 2.09. The molecule has 0 amide bonds. The molecule has 2 nitrogen and oxygen atoms in total. The molecule has 2 aromatic rings. The second-order valence-corrected chi connectivity index (χ2v) is 5.23. The van der Waals surface area contributed by atoms with Gasteiger partial charge in [0.25, 0.3) is 0 Å². The monoisotopic (exact) mass is 306 g/mol. The van der Waals surface area contributed by atoms with Crippen molar-refractivity contribution in [1.82, 2.24) is 4.90 Å². The van der Waals surface area contributed by atoms with Gasteiger partial charge in [-0.3, -0.25) is 0 Å². The summed E-state index contributed by atoms with van der Waals surface area (Å²) in [6.07, 6.45) is 0. The number of hydrogen-bond acceptors (Lipinski definition) is 1. The third kappa shape index (κ3) is 3.98. The van der Waals surface area contributed by atoms with Crippen LogP contribution in [-0.2, 0) is 6.54 Å². The molecule has 0 radical (unpaired) electrons. The molecular weight excluding hydrogens is 290 g/mol. The van der Waals surface area contributed by atoms with E-state index < -0.39 is 0 Å². The van der Waals surface area contributed by atoms with Crippen molar-refractivity contribution in [3.8, 4) is 0 Å². The maximum atomic E-state index is 13.6. The molecule has 2 rings (SSSR count). The van der Waals surface area contributed by atoms with E-state index in [0.717, 1.165) is 0 Å². The smallest absolute Gasteiger partial charge is 0.173 e. The molecule has 1 N–H and O–H groups in total. The molecule has 0 aromatic heterocycles. The minimum atomic E-state index is -0.292. The summed E-state index contributed by atoms with van der Waals surface area (Å²) in [6, 6.07) is 11.4. The Kier molecular flexibility index (Phi) is 4.85. The van der Waals surface area contributed by atoms with Crippen LogP contribution >= 0.6 is 12.2 Å². The lowest BCUT2D eigenvalue weighted by Gasteiger charge is -2.21. The van der Waals surface area contributed by atoms with Crippen LogP contribution in [0, 0.1) is 18.6 Å². The zero-order valence-electron chi connectivity index (χ0n) is 11.9. The Balaban J connectivity index is 2.02. The summed E-state index contributed by atoms with van der Waals surface area (Å²) >= 11 is 5.25. The van der Waals surface area contributed by atoms with E-state index in [-0.39, 0.29) is 11.6 Å². The lowest BCUT2D eigenvalue weighted by molar-refractivity contribution is 0.486. The summed E-state index contributed by atoms with van der Waals surface area (Å²) in [6.45, 7) is 2.04. The molecule has 0 fully saturated rings. The van der Waals surface area contributed by atoms with Gasteiger partial charge in [0.05, 0.1) is 0 Å². The lowest BCUT2D eigenvalue weighted by Crippen LogP contribution is -2.30. The fourth-order valence-electron chi connectivity index (χ4n) is 1.84. The molecule has 0 saturated carbocycles. The first-order chi connectivity index (χ1) is 9.97. The first-order valence-electron chi connectivity index (χ1n) is 6.49. The van der Waals surface area contributed by atoms with Crippen LogP contribution in [0.3, 0.4) is 0 Å². The van der Waals surface area contributed by atoms with E-state index in [9.17, 15) is 8.78 Å². The number of halogens is 2. The number of hydrogen-bond donors (Lipinski definition) is 1. The first-order valence-corrected chi connectivity index (χ1v) is 6.90. The second-order valence-electron chi connectivity index (χ2n) is 4.84. The van der Waals surface area contributed by atoms with Crippen LogP contribution in [0.25, 0.3) is 0 Å². The molecule has 21 heavy (non-hydrogen) atoms. The quantitative estimate of drug-likeness (QED) is 0.859. The van der Waals surface area contributed by atoms with E-state index in [1.54, 1.807) is 49.2 Å². The van der Waals surface area contributed by atoms with Crippen molar-refractivity contribution in [2.24, 2.45) is 0 Å². The van der Waals surface area contributed by atoms with E-state index in [1.165, 1.54) is 12.1 Å². The number of nitrogens with one attached hydrogen (secondary N) is 1. The fourth-order valence-corrected chi connectivity index (χ4v) is 2.03. The largest absolute Gasteiger partial charge is 0.348 e. The van der Waals surface area contributed by atoms with Gasteiger partial charge in [-0.25, -0.2) is 8.78 Å². The van der Waals surface area contributed by atoms with E-state index in [4.69, 9.17) is 12.2 Å². The van der Waals surface area contributed by atoms with Gasteiger partial charge in [-0.15, -0.1) is 0 Å². The lowest BCUT2D eigenvalue weighted by atomic mass is 10.2. The van der Waals surface area contributed by atoms with Crippen LogP contribution in [0.4, 0.5) is 14.5 Å². The minimum Gasteiger partial charge on any atom is -0.348 e. The second kappa shape index (κ2) is 6.63. The average Bonchev–Trinajstić information content (AvgIpc) is 2.45. The summed E-state index contributed by atoms with van der Waals surface area (Å²) in [5, 5.41) is 3.35. The van der Waals surface area contributed by atoms with Crippen molar-refractivity contribution in [3.63, 3.8) is 0 Å². The Labute approximate surface area is 128 Å². The Hall–Kier alpha value is -2.01. The third-order valence-corrected chi connectivity index (χ3v) is 3.55. The number of nitrogens with zero attached hydrogens (tertiary/aromatic N) is 1. The minimum absolute atomic E-state index is 0.270. The van der Waals surface area contributed by atoms with Crippen LogP contribution in [0.1, 0.15) is 11.1 Å². The molecule has 2 aromatic carbocycles. The van der Waals surface area contributed by atoms with Crippen molar-refractivity contribution in [3.05, 3.63) is 65.2 Å². The fraction of sp³-hybridized carbons (Fsp3) is 0.188. The van der Waals surface area contributed by atoms with Crippen LogP contribution < -0.4 is 5.32 Å².